The summed E-state index contributed by atoms with van der Waals surface area (Å²) in [4.78, 5) is 18.2. The van der Waals surface area contributed by atoms with Gasteiger partial charge in [0.05, 0.1) is 0 Å². The van der Waals surface area contributed by atoms with Crippen LogP contribution in [0.2, 0.25) is 0 Å². The largest absolute Gasteiger partial charge is 0.378 e. The standard InChI is InChI=1S/C22H25N3O/c1-25(2)17-10-7-15(8-11-17)14-23-22(26)16-9-12-21-19(13-16)18-5-3-4-6-20(18)24-21/h7-13,24H,3-6,14H2,1-2H3,(H,23,26). The number of hydrogen-bond donors (Lipinski definition) is 2. The third-order valence-corrected chi connectivity index (χ3v) is 5.27. The summed E-state index contributed by atoms with van der Waals surface area (Å²) in [7, 11) is 4.04. The molecule has 0 unspecified atom stereocenters. The Morgan fingerprint density at radius 3 is 2.62 bits per heavy atom. The molecule has 0 saturated carbocycles. The number of amides is 1. The zero-order valence-electron chi connectivity index (χ0n) is 15.4. The molecule has 1 aliphatic rings. The molecule has 1 amide bonds. The van der Waals surface area contributed by atoms with Crippen LogP contribution in [0.1, 0.15) is 40.0 Å². The van der Waals surface area contributed by atoms with E-state index in [-0.39, 0.29) is 5.91 Å². The maximum Gasteiger partial charge on any atom is 0.251 e. The summed E-state index contributed by atoms with van der Waals surface area (Å²) in [5.41, 5.74) is 6.89. The predicted octanol–water partition coefficient (Wildman–Crippen LogP) is 4.04. The molecule has 4 nitrogen and oxygen atoms in total. The second-order valence-electron chi connectivity index (χ2n) is 7.29. The van der Waals surface area contributed by atoms with Crippen molar-refractivity contribution in [1.29, 1.82) is 0 Å². The van der Waals surface area contributed by atoms with Gasteiger partial charge in [-0.3, -0.25) is 4.79 Å². The molecule has 0 atom stereocenters. The fraction of sp³-hybridized carbons (Fsp3) is 0.318. The molecule has 4 heteroatoms. The van der Waals surface area contributed by atoms with Gasteiger partial charge in [0.2, 0.25) is 0 Å². The van der Waals surface area contributed by atoms with Crippen LogP contribution in [0, 0.1) is 0 Å². The molecule has 2 N–H and O–H groups in total. The van der Waals surface area contributed by atoms with Gasteiger partial charge in [0.25, 0.3) is 5.91 Å². The van der Waals surface area contributed by atoms with E-state index in [0.717, 1.165) is 35.2 Å². The third-order valence-electron chi connectivity index (χ3n) is 5.27. The molecule has 0 aliphatic heterocycles. The number of carbonyl (C=O) groups excluding carboxylic acids is 1. The lowest BCUT2D eigenvalue weighted by molar-refractivity contribution is 0.0951. The SMILES string of the molecule is CN(C)c1ccc(CNC(=O)c2ccc3[nH]c4c(c3c2)CCCC4)cc1. The average Bonchev–Trinajstić information content (AvgIpc) is 3.04. The minimum Gasteiger partial charge on any atom is -0.378 e. The second kappa shape index (κ2) is 6.87. The summed E-state index contributed by atoms with van der Waals surface area (Å²) >= 11 is 0. The van der Waals surface area contributed by atoms with Crippen LogP contribution >= 0.6 is 0 Å². The molecule has 0 fully saturated rings. The van der Waals surface area contributed by atoms with Gasteiger partial charge in [-0.25, -0.2) is 0 Å². The lowest BCUT2D eigenvalue weighted by Gasteiger charge is -2.13. The van der Waals surface area contributed by atoms with Crippen LogP contribution in [-0.4, -0.2) is 25.0 Å². The topological polar surface area (TPSA) is 48.1 Å². The van der Waals surface area contributed by atoms with Gasteiger partial charge in [0, 0.05) is 48.5 Å². The summed E-state index contributed by atoms with van der Waals surface area (Å²) in [5.74, 6) is -0.0191. The average molecular weight is 347 g/mol. The number of H-pyrrole nitrogens is 1. The predicted molar refractivity (Wildman–Crippen MR) is 107 cm³/mol. The van der Waals surface area contributed by atoms with E-state index in [9.17, 15) is 4.79 Å². The molecule has 0 saturated heterocycles. The van der Waals surface area contributed by atoms with Crippen molar-refractivity contribution < 1.29 is 4.79 Å². The van der Waals surface area contributed by atoms with Crippen molar-refractivity contribution in [2.45, 2.75) is 32.2 Å². The first-order valence-corrected chi connectivity index (χ1v) is 9.30. The quantitative estimate of drug-likeness (QED) is 0.748. The van der Waals surface area contributed by atoms with Gasteiger partial charge in [0.1, 0.15) is 0 Å². The number of carbonyl (C=O) groups is 1. The number of rotatable bonds is 4. The number of anilines is 1. The van der Waals surface area contributed by atoms with E-state index >= 15 is 0 Å². The Bertz CT molecular complexity index is 938. The summed E-state index contributed by atoms with van der Waals surface area (Å²) in [6.45, 7) is 0.538. The van der Waals surface area contributed by atoms with Crippen molar-refractivity contribution in [3.05, 3.63) is 64.8 Å². The minimum atomic E-state index is -0.0191. The van der Waals surface area contributed by atoms with Crippen molar-refractivity contribution in [3.63, 3.8) is 0 Å². The fourth-order valence-electron chi connectivity index (χ4n) is 3.74. The van der Waals surface area contributed by atoms with Gasteiger partial charge >= 0.3 is 0 Å². The van der Waals surface area contributed by atoms with Crippen molar-refractivity contribution in [2.24, 2.45) is 0 Å². The van der Waals surface area contributed by atoms with Gasteiger partial charge in [0.15, 0.2) is 0 Å². The van der Waals surface area contributed by atoms with Gasteiger partial charge in [-0.05, 0) is 67.1 Å². The van der Waals surface area contributed by atoms with Gasteiger partial charge < -0.3 is 15.2 Å². The zero-order valence-corrected chi connectivity index (χ0v) is 15.4. The highest BCUT2D eigenvalue weighted by atomic mass is 16.1. The highest BCUT2D eigenvalue weighted by Crippen LogP contribution is 2.29. The van der Waals surface area contributed by atoms with Crippen LogP contribution in [0.4, 0.5) is 5.69 Å². The number of nitrogens with one attached hydrogen (secondary N) is 2. The summed E-state index contributed by atoms with van der Waals surface area (Å²) in [5, 5.41) is 4.25. The molecule has 0 spiro atoms. The molecule has 3 aromatic rings. The van der Waals surface area contributed by atoms with E-state index in [1.807, 2.05) is 32.3 Å². The van der Waals surface area contributed by atoms with Crippen molar-refractivity contribution in [3.8, 4) is 0 Å². The highest BCUT2D eigenvalue weighted by molar-refractivity contribution is 5.99. The number of benzene rings is 2. The highest BCUT2D eigenvalue weighted by Gasteiger charge is 2.16. The van der Waals surface area contributed by atoms with E-state index in [1.165, 1.54) is 29.5 Å². The Labute approximate surface area is 154 Å². The summed E-state index contributed by atoms with van der Waals surface area (Å²) < 4.78 is 0. The zero-order chi connectivity index (χ0) is 18.1. The normalized spacial score (nSPS) is 13.5. The van der Waals surface area contributed by atoms with Crippen molar-refractivity contribution in [2.75, 3.05) is 19.0 Å². The molecule has 0 bridgehead atoms. The first kappa shape index (κ1) is 16.7. The molecular formula is C22H25N3O. The smallest absolute Gasteiger partial charge is 0.251 e. The molecule has 2 aromatic carbocycles. The lowest BCUT2D eigenvalue weighted by atomic mass is 9.95. The first-order chi connectivity index (χ1) is 12.6. The van der Waals surface area contributed by atoms with Crippen LogP contribution in [0.3, 0.4) is 0 Å². The number of nitrogens with zero attached hydrogens (tertiary/aromatic N) is 1. The maximum atomic E-state index is 12.6. The first-order valence-electron chi connectivity index (χ1n) is 9.30. The molecular weight excluding hydrogens is 322 g/mol. The van der Waals surface area contributed by atoms with Crippen molar-refractivity contribution >= 4 is 22.5 Å². The van der Waals surface area contributed by atoms with Gasteiger partial charge in [-0.15, -0.1) is 0 Å². The molecule has 0 radical (unpaired) electrons. The molecule has 134 valence electrons. The van der Waals surface area contributed by atoms with Crippen LogP contribution in [-0.2, 0) is 19.4 Å². The molecule has 1 aromatic heterocycles. The van der Waals surface area contributed by atoms with E-state index in [2.05, 4.69) is 39.5 Å². The number of fused-ring (bicyclic) bond motifs is 3. The third kappa shape index (κ3) is 3.19. The van der Waals surface area contributed by atoms with Crippen LogP contribution < -0.4 is 10.2 Å². The molecule has 26 heavy (non-hydrogen) atoms. The van der Waals surface area contributed by atoms with E-state index in [0.29, 0.717) is 6.54 Å². The van der Waals surface area contributed by atoms with E-state index < -0.39 is 0 Å². The Kier molecular flexibility index (Phi) is 4.41. The minimum absolute atomic E-state index is 0.0191. The number of hydrogen-bond acceptors (Lipinski definition) is 2. The molecule has 4 rings (SSSR count). The Morgan fingerprint density at radius 1 is 1.08 bits per heavy atom. The Balaban J connectivity index is 1.49. The van der Waals surface area contributed by atoms with Crippen LogP contribution in [0.25, 0.3) is 10.9 Å². The fourth-order valence-corrected chi connectivity index (χ4v) is 3.74. The monoisotopic (exact) mass is 347 g/mol. The molecule has 1 aliphatic carbocycles. The van der Waals surface area contributed by atoms with E-state index in [1.54, 1.807) is 0 Å². The number of aryl methyl sites for hydroxylation is 2. The maximum absolute atomic E-state index is 12.6. The Morgan fingerprint density at radius 2 is 1.85 bits per heavy atom. The lowest BCUT2D eigenvalue weighted by Crippen LogP contribution is -2.22. The molecule has 1 heterocycles. The Hall–Kier alpha value is -2.75. The van der Waals surface area contributed by atoms with E-state index in [4.69, 9.17) is 0 Å². The summed E-state index contributed by atoms with van der Waals surface area (Å²) in [6.07, 6.45) is 4.71. The van der Waals surface area contributed by atoms with Gasteiger partial charge in [-0.1, -0.05) is 12.1 Å². The van der Waals surface area contributed by atoms with Crippen LogP contribution in [0.15, 0.2) is 42.5 Å². The second-order valence-corrected chi connectivity index (χ2v) is 7.29. The summed E-state index contributed by atoms with van der Waals surface area (Å²) in [6, 6.07) is 14.2. The number of aromatic amines is 1. The van der Waals surface area contributed by atoms with Crippen LogP contribution in [0.5, 0.6) is 0 Å². The number of aromatic nitrogens is 1. The van der Waals surface area contributed by atoms with Crippen molar-refractivity contribution in [1.82, 2.24) is 10.3 Å². The van der Waals surface area contributed by atoms with Gasteiger partial charge in [-0.2, -0.15) is 0 Å².